The average Bonchev–Trinajstić information content (AvgIpc) is 2.51. The molecule has 0 aliphatic carbocycles. The molecule has 0 aliphatic rings. The van der Waals surface area contributed by atoms with Gasteiger partial charge >= 0.3 is 12.1 Å². The number of carbonyl (C=O) groups excluding carboxylic acids is 1. The molecule has 0 heterocycles. The van der Waals surface area contributed by atoms with E-state index in [2.05, 4.69) is 0 Å². The van der Waals surface area contributed by atoms with Gasteiger partial charge in [-0.15, -0.1) is 0 Å². The first-order chi connectivity index (χ1) is 10.7. The van der Waals surface area contributed by atoms with Gasteiger partial charge in [0.05, 0.1) is 12.2 Å². The summed E-state index contributed by atoms with van der Waals surface area (Å²) in [5.41, 5.74) is 0.217. The molecule has 0 saturated carbocycles. The first kappa shape index (κ1) is 19.0. The number of aliphatic hydroxyl groups excluding tert-OH is 1. The number of ether oxygens (including phenoxy) is 1. The van der Waals surface area contributed by atoms with Gasteiger partial charge in [-0.3, -0.25) is 0 Å². The summed E-state index contributed by atoms with van der Waals surface area (Å²) < 4.78 is 42.5. The van der Waals surface area contributed by atoms with Gasteiger partial charge in [0.1, 0.15) is 6.10 Å². The van der Waals surface area contributed by atoms with Crippen LogP contribution in [0.2, 0.25) is 0 Å². The zero-order valence-electron chi connectivity index (χ0n) is 13.1. The standard InChI is InChI=1S/C17H19F3O3/c1-4-12(10-11(3)16(22)23-5-2)15(21)13-6-8-14(9-7-13)17(18,19)20/h4,6-10,15,21H,5H2,1-3H3/b11-10+,12-4-. The zero-order valence-corrected chi connectivity index (χ0v) is 13.1. The van der Waals surface area contributed by atoms with Crippen molar-refractivity contribution in [2.75, 3.05) is 6.61 Å². The number of hydrogen-bond acceptors (Lipinski definition) is 3. The van der Waals surface area contributed by atoms with Crippen LogP contribution in [0.5, 0.6) is 0 Å². The Kier molecular flexibility index (Phi) is 6.57. The molecule has 0 saturated heterocycles. The van der Waals surface area contributed by atoms with Gasteiger partial charge in [0.15, 0.2) is 0 Å². The van der Waals surface area contributed by atoms with Gasteiger partial charge < -0.3 is 9.84 Å². The average molecular weight is 328 g/mol. The van der Waals surface area contributed by atoms with E-state index >= 15 is 0 Å². The van der Waals surface area contributed by atoms with Crippen LogP contribution in [0.25, 0.3) is 0 Å². The van der Waals surface area contributed by atoms with Crippen molar-refractivity contribution in [1.82, 2.24) is 0 Å². The van der Waals surface area contributed by atoms with E-state index in [4.69, 9.17) is 4.74 Å². The Labute approximate surface area is 133 Å². The lowest BCUT2D eigenvalue weighted by atomic mass is 9.98. The van der Waals surface area contributed by atoms with Crippen LogP contribution in [0.15, 0.2) is 47.6 Å². The molecule has 1 aromatic carbocycles. The Balaban J connectivity index is 2.99. The van der Waals surface area contributed by atoms with Crippen molar-refractivity contribution in [3.63, 3.8) is 0 Å². The van der Waals surface area contributed by atoms with Crippen LogP contribution >= 0.6 is 0 Å². The first-order valence-electron chi connectivity index (χ1n) is 7.07. The largest absolute Gasteiger partial charge is 0.463 e. The van der Waals surface area contributed by atoms with Crippen molar-refractivity contribution in [1.29, 1.82) is 0 Å². The lowest BCUT2D eigenvalue weighted by molar-refractivity contribution is -0.139. The smallest absolute Gasteiger partial charge is 0.416 e. The highest BCUT2D eigenvalue weighted by atomic mass is 19.4. The number of rotatable bonds is 5. The summed E-state index contributed by atoms with van der Waals surface area (Å²) in [5, 5.41) is 10.3. The highest BCUT2D eigenvalue weighted by molar-refractivity contribution is 5.88. The number of carbonyl (C=O) groups is 1. The quantitative estimate of drug-likeness (QED) is 0.501. The topological polar surface area (TPSA) is 46.5 Å². The Morgan fingerprint density at radius 1 is 1.30 bits per heavy atom. The van der Waals surface area contributed by atoms with E-state index in [0.717, 1.165) is 12.1 Å². The van der Waals surface area contributed by atoms with Gasteiger partial charge in [0, 0.05) is 5.57 Å². The molecule has 1 unspecified atom stereocenters. The molecular formula is C17H19F3O3. The van der Waals surface area contributed by atoms with Crippen molar-refractivity contribution in [2.24, 2.45) is 0 Å². The number of halogens is 3. The van der Waals surface area contributed by atoms with E-state index in [1.807, 2.05) is 0 Å². The molecular weight excluding hydrogens is 309 g/mol. The molecule has 1 atom stereocenters. The Bertz CT molecular complexity index is 599. The monoisotopic (exact) mass is 328 g/mol. The fourth-order valence-corrected chi connectivity index (χ4v) is 1.92. The third-order valence-corrected chi connectivity index (χ3v) is 3.18. The van der Waals surface area contributed by atoms with Crippen LogP contribution in [0.3, 0.4) is 0 Å². The number of allylic oxidation sites excluding steroid dienone is 1. The van der Waals surface area contributed by atoms with Crippen molar-refractivity contribution < 1.29 is 27.8 Å². The predicted octanol–water partition coefficient (Wildman–Crippen LogP) is 4.19. The molecule has 1 rings (SSSR count). The summed E-state index contributed by atoms with van der Waals surface area (Å²) in [5.74, 6) is -0.508. The Morgan fingerprint density at radius 2 is 1.87 bits per heavy atom. The maximum atomic E-state index is 12.5. The molecule has 126 valence electrons. The van der Waals surface area contributed by atoms with Crippen LogP contribution in [-0.4, -0.2) is 17.7 Å². The van der Waals surface area contributed by atoms with E-state index in [1.54, 1.807) is 26.8 Å². The van der Waals surface area contributed by atoms with Crippen LogP contribution < -0.4 is 0 Å². The second-order valence-electron chi connectivity index (χ2n) is 4.86. The third kappa shape index (κ3) is 5.25. The number of alkyl halides is 3. The number of esters is 1. The Morgan fingerprint density at radius 3 is 2.30 bits per heavy atom. The van der Waals surface area contributed by atoms with Crippen molar-refractivity contribution in [3.8, 4) is 0 Å². The second-order valence-corrected chi connectivity index (χ2v) is 4.86. The van der Waals surface area contributed by atoms with E-state index in [-0.39, 0.29) is 6.61 Å². The fraction of sp³-hybridized carbons (Fsp3) is 0.353. The number of hydrogen-bond donors (Lipinski definition) is 1. The van der Waals surface area contributed by atoms with Crippen molar-refractivity contribution in [3.05, 3.63) is 58.7 Å². The molecule has 1 aromatic rings. The van der Waals surface area contributed by atoms with Crippen molar-refractivity contribution >= 4 is 5.97 Å². The maximum absolute atomic E-state index is 12.5. The highest BCUT2D eigenvalue weighted by Crippen LogP contribution is 2.31. The Hall–Kier alpha value is -2.08. The second kappa shape index (κ2) is 7.97. The molecule has 1 N–H and O–H groups in total. The summed E-state index contributed by atoms with van der Waals surface area (Å²) in [6.07, 6.45) is -2.51. The van der Waals surface area contributed by atoms with Crippen molar-refractivity contribution in [2.45, 2.75) is 33.1 Å². The van der Waals surface area contributed by atoms with Gasteiger partial charge in [-0.1, -0.05) is 18.2 Å². The minimum atomic E-state index is -4.42. The maximum Gasteiger partial charge on any atom is 0.416 e. The van der Waals surface area contributed by atoms with Gasteiger partial charge in [0.25, 0.3) is 0 Å². The molecule has 0 aromatic heterocycles. The molecule has 0 amide bonds. The molecule has 23 heavy (non-hydrogen) atoms. The van der Waals surface area contributed by atoms with Gasteiger partial charge in [-0.2, -0.15) is 13.2 Å². The third-order valence-electron chi connectivity index (χ3n) is 3.18. The summed E-state index contributed by atoms with van der Waals surface area (Å²) in [6, 6.07) is 4.25. The predicted molar refractivity (Wildman–Crippen MR) is 80.6 cm³/mol. The summed E-state index contributed by atoms with van der Waals surface area (Å²) in [4.78, 5) is 11.6. The number of aliphatic hydroxyl groups is 1. The molecule has 0 aliphatic heterocycles. The van der Waals surface area contributed by atoms with Crippen LogP contribution in [-0.2, 0) is 15.7 Å². The lowest BCUT2D eigenvalue weighted by Gasteiger charge is -2.14. The van der Waals surface area contributed by atoms with E-state index in [9.17, 15) is 23.1 Å². The molecule has 3 nitrogen and oxygen atoms in total. The zero-order chi connectivity index (χ0) is 17.6. The minimum Gasteiger partial charge on any atom is -0.463 e. The first-order valence-corrected chi connectivity index (χ1v) is 7.07. The molecule has 0 fully saturated rings. The van der Waals surface area contributed by atoms with Gasteiger partial charge in [-0.05, 0) is 50.1 Å². The molecule has 0 bridgehead atoms. The van der Waals surface area contributed by atoms with E-state index < -0.39 is 23.8 Å². The van der Waals surface area contributed by atoms with Crippen LogP contribution in [0, 0.1) is 0 Å². The van der Waals surface area contributed by atoms with Gasteiger partial charge in [-0.25, -0.2) is 4.79 Å². The van der Waals surface area contributed by atoms with E-state index in [1.165, 1.54) is 18.2 Å². The van der Waals surface area contributed by atoms with E-state index in [0.29, 0.717) is 16.7 Å². The normalized spacial score (nSPS) is 14.6. The van der Waals surface area contributed by atoms with Crippen LogP contribution in [0.1, 0.15) is 38.0 Å². The minimum absolute atomic E-state index is 0.233. The van der Waals surface area contributed by atoms with Crippen LogP contribution in [0.4, 0.5) is 13.2 Å². The highest BCUT2D eigenvalue weighted by Gasteiger charge is 2.30. The summed E-state index contributed by atoms with van der Waals surface area (Å²) in [7, 11) is 0. The number of benzene rings is 1. The lowest BCUT2D eigenvalue weighted by Crippen LogP contribution is -2.08. The summed E-state index contributed by atoms with van der Waals surface area (Å²) >= 11 is 0. The SMILES string of the molecule is C/C=C(/C=C(\C)C(=O)OCC)C(O)c1ccc(C(F)(F)F)cc1. The summed E-state index contributed by atoms with van der Waals surface area (Å²) in [6.45, 7) is 5.12. The van der Waals surface area contributed by atoms with Gasteiger partial charge in [0.2, 0.25) is 0 Å². The molecule has 0 spiro atoms. The fourth-order valence-electron chi connectivity index (χ4n) is 1.92. The molecule has 0 radical (unpaired) electrons. The molecule has 6 heteroatoms.